The van der Waals surface area contributed by atoms with Crippen molar-refractivity contribution >= 4 is 29.2 Å². The second-order valence-corrected chi connectivity index (χ2v) is 5.58. The largest absolute Gasteiger partial charge is 0.481 e. The Balaban J connectivity index is 2.91. The number of alkyl halides is 3. The third kappa shape index (κ3) is 4.93. The number of carbonyl (C=O) groups is 2. The van der Waals surface area contributed by atoms with E-state index in [0.29, 0.717) is 0 Å². The Kier molecular flexibility index (Phi) is 4.88. The number of nitrogens with one attached hydrogen (secondary N) is 1. The molecule has 1 aromatic rings. The molecule has 0 saturated carbocycles. The number of rotatable bonds is 4. The number of aliphatic carboxylic acids is 1. The van der Waals surface area contributed by atoms with E-state index >= 15 is 0 Å². The van der Waals surface area contributed by atoms with Gasteiger partial charge in [-0.15, -0.1) is 0 Å². The summed E-state index contributed by atoms with van der Waals surface area (Å²) in [4.78, 5) is 22.6. The van der Waals surface area contributed by atoms with Gasteiger partial charge in [0.05, 0.1) is 11.0 Å². The van der Waals surface area contributed by atoms with E-state index in [1.54, 1.807) is 0 Å². The van der Waals surface area contributed by atoms with Crippen LogP contribution in [0.3, 0.4) is 0 Å². The van der Waals surface area contributed by atoms with Crippen LogP contribution in [-0.2, 0) is 15.8 Å². The molecule has 0 fully saturated rings. The molecule has 0 heterocycles. The van der Waals surface area contributed by atoms with Gasteiger partial charge < -0.3 is 10.4 Å². The highest BCUT2D eigenvalue weighted by Crippen LogP contribution is 2.33. The number of anilines is 1. The Labute approximate surface area is 123 Å². The molecular formula is C13H13ClF3NO3. The standard InChI is InChI=1S/C13H13ClF3NO3/c1-12(2,11(20)21)6-10(19)18-9-4-7(13(15,16)17)3-8(14)5-9/h3-5H,6H2,1-2H3,(H,18,19)(H,20,21). The number of benzene rings is 1. The molecule has 1 aromatic carbocycles. The zero-order valence-electron chi connectivity index (χ0n) is 11.2. The molecular weight excluding hydrogens is 311 g/mol. The molecule has 1 rings (SSSR count). The quantitative estimate of drug-likeness (QED) is 0.885. The van der Waals surface area contributed by atoms with Gasteiger partial charge in [0.2, 0.25) is 5.91 Å². The lowest BCUT2D eigenvalue weighted by atomic mass is 9.89. The van der Waals surface area contributed by atoms with E-state index in [2.05, 4.69) is 5.32 Å². The van der Waals surface area contributed by atoms with E-state index in [1.165, 1.54) is 13.8 Å². The van der Waals surface area contributed by atoms with Gasteiger partial charge in [0, 0.05) is 17.1 Å². The highest BCUT2D eigenvalue weighted by Gasteiger charge is 2.32. The molecule has 0 aliphatic carbocycles. The van der Waals surface area contributed by atoms with Crippen molar-refractivity contribution in [3.63, 3.8) is 0 Å². The van der Waals surface area contributed by atoms with Gasteiger partial charge in [0.25, 0.3) is 0 Å². The summed E-state index contributed by atoms with van der Waals surface area (Å²) >= 11 is 5.58. The van der Waals surface area contributed by atoms with Crippen molar-refractivity contribution in [1.29, 1.82) is 0 Å². The minimum absolute atomic E-state index is 0.138. The van der Waals surface area contributed by atoms with Gasteiger partial charge in [-0.25, -0.2) is 0 Å². The van der Waals surface area contributed by atoms with Gasteiger partial charge in [-0.1, -0.05) is 11.6 Å². The van der Waals surface area contributed by atoms with Crippen molar-refractivity contribution in [2.45, 2.75) is 26.4 Å². The van der Waals surface area contributed by atoms with E-state index < -0.39 is 29.0 Å². The topological polar surface area (TPSA) is 66.4 Å². The molecule has 0 bridgehead atoms. The predicted molar refractivity (Wildman–Crippen MR) is 71.1 cm³/mol. The second kappa shape index (κ2) is 5.93. The molecule has 8 heteroatoms. The first kappa shape index (κ1) is 17.3. The maximum Gasteiger partial charge on any atom is 0.416 e. The Morgan fingerprint density at radius 1 is 1.24 bits per heavy atom. The normalized spacial score (nSPS) is 12.1. The summed E-state index contributed by atoms with van der Waals surface area (Å²) in [6.07, 6.45) is -4.97. The Morgan fingerprint density at radius 3 is 2.29 bits per heavy atom. The zero-order chi connectivity index (χ0) is 16.4. The fraction of sp³-hybridized carbons (Fsp3) is 0.385. The Morgan fingerprint density at radius 2 is 1.81 bits per heavy atom. The molecule has 0 aromatic heterocycles. The smallest absolute Gasteiger partial charge is 0.416 e. The molecule has 4 nitrogen and oxygen atoms in total. The van der Waals surface area contributed by atoms with E-state index in [0.717, 1.165) is 18.2 Å². The van der Waals surface area contributed by atoms with E-state index in [1.807, 2.05) is 0 Å². The second-order valence-electron chi connectivity index (χ2n) is 5.14. The minimum Gasteiger partial charge on any atom is -0.481 e. The predicted octanol–water partition coefficient (Wildman–Crippen LogP) is 3.80. The molecule has 0 unspecified atom stereocenters. The van der Waals surface area contributed by atoms with Crippen LogP contribution in [0.1, 0.15) is 25.8 Å². The van der Waals surface area contributed by atoms with Gasteiger partial charge in [0.1, 0.15) is 0 Å². The number of carbonyl (C=O) groups excluding carboxylic acids is 1. The van der Waals surface area contributed by atoms with Gasteiger partial charge in [-0.05, 0) is 32.0 Å². The minimum atomic E-state index is -4.59. The molecule has 0 spiro atoms. The highest BCUT2D eigenvalue weighted by atomic mass is 35.5. The summed E-state index contributed by atoms with van der Waals surface area (Å²) in [6.45, 7) is 2.68. The van der Waals surface area contributed by atoms with Crippen LogP contribution in [0.15, 0.2) is 18.2 Å². The third-order valence-corrected chi connectivity index (χ3v) is 2.91. The van der Waals surface area contributed by atoms with Crippen molar-refractivity contribution in [1.82, 2.24) is 0 Å². The number of halogens is 4. The number of amides is 1. The lowest BCUT2D eigenvalue weighted by Gasteiger charge is -2.18. The molecule has 0 atom stereocenters. The van der Waals surface area contributed by atoms with Crippen LogP contribution in [0, 0.1) is 5.41 Å². The van der Waals surface area contributed by atoms with Gasteiger partial charge >= 0.3 is 12.1 Å². The fourth-order valence-corrected chi connectivity index (χ4v) is 1.74. The summed E-state index contributed by atoms with van der Waals surface area (Å²) in [6, 6.07) is 2.62. The molecule has 0 radical (unpaired) electrons. The van der Waals surface area contributed by atoms with E-state index in [-0.39, 0.29) is 17.1 Å². The van der Waals surface area contributed by atoms with E-state index in [9.17, 15) is 22.8 Å². The fourth-order valence-electron chi connectivity index (χ4n) is 1.51. The van der Waals surface area contributed by atoms with Crippen LogP contribution < -0.4 is 5.32 Å². The van der Waals surface area contributed by atoms with E-state index in [4.69, 9.17) is 16.7 Å². The monoisotopic (exact) mass is 323 g/mol. The number of carboxylic acid groups (broad SMARTS) is 1. The number of hydrogen-bond acceptors (Lipinski definition) is 2. The first-order chi connectivity index (χ1) is 9.41. The van der Waals surface area contributed by atoms with Crippen LogP contribution in [0.5, 0.6) is 0 Å². The van der Waals surface area contributed by atoms with Crippen LogP contribution in [0.25, 0.3) is 0 Å². The summed E-state index contributed by atoms with van der Waals surface area (Å²) < 4.78 is 37.8. The molecule has 2 N–H and O–H groups in total. The molecule has 0 aliphatic heterocycles. The first-order valence-corrected chi connectivity index (χ1v) is 6.20. The lowest BCUT2D eigenvalue weighted by Crippen LogP contribution is -2.29. The van der Waals surface area contributed by atoms with Gasteiger partial charge in [-0.3, -0.25) is 9.59 Å². The average Bonchev–Trinajstić information content (AvgIpc) is 2.25. The first-order valence-electron chi connectivity index (χ1n) is 5.83. The number of hydrogen-bond donors (Lipinski definition) is 2. The van der Waals surface area contributed by atoms with Crippen LogP contribution in [0.4, 0.5) is 18.9 Å². The van der Waals surface area contributed by atoms with Crippen molar-refractivity contribution in [3.05, 3.63) is 28.8 Å². The van der Waals surface area contributed by atoms with Crippen molar-refractivity contribution in [2.24, 2.45) is 5.41 Å². The van der Waals surface area contributed by atoms with Crippen molar-refractivity contribution in [3.8, 4) is 0 Å². The zero-order valence-corrected chi connectivity index (χ0v) is 12.0. The van der Waals surface area contributed by atoms with Crippen LogP contribution in [-0.4, -0.2) is 17.0 Å². The summed E-state index contributed by atoms with van der Waals surface area (Å²) in [5.41, 5.74) is -2.46. The molecule has 21 heavy (non-hydrogen) atoms. The van der Waals surface area contributed by atoms with Gasteiger partial charge in [-0.2, -0.15) is 13.2 Å². The SMILES string of the molecule is CC(C)(CC(=O)Nc1cc(Cl)cc(C(F)(F)F)c1)C(=O)O. The van der Waals surface area contributed by atoms with Crippen LogP contribution in [0.2, 0.25) is 5.02 Å². The summed E-state index contributed by atoms with van der Waals surface area (Å²) in [7, 11) is 0. The Hall–Kier alpha value is -1.76. The molecule has 1 amide bonds. The van der Waals surface area contributed by atoms with Crippen molar-refractivity contribution in [2.75, 3.05) is 5.32 Å². The van der Waals surface area contributed by atoms with Gasteiger partial charge in [0.15, 0.2) is 0 Å². The lowest BCUT2D eigenvalue weighted by molar-refractivity contribution is -0.149. The van der Waals surface area contributed by atoms with Crippen molar-refractivity contribution < 1.29 is 27.9 Å². The number of carboxylic acids is 1. The summed E-state index contributed by atoms with van der Waals surface area (Å²) in [5, 5.41) is 10.9. The average molecular weight is 324 g/mol. The molecule has 0 saturated heterocycles. The van der Waals surface area contributed by atoms with Crippen LogP contribution >= 0.6 is 11.6 Å². The molecule has 0 aliphatic rings. The maximum atomic E-state index is 12.6. The highest BCUT2D eigenvalue weighted by molar-refractivity contribution is 6.31. The maximum absolute atomic E-state index is 12.6. The molecule has 116 valence electrons. The third-order valence-electron chi connectivity index (χ3n) is 2.69. The summed E-state index contributed by atoms with van der Waals surface area (Å²) in [5.74, 6) is -1.89. The Bertz CT molecular complexity index is 570.